The molecule has 0 unspecified atom stereocenters. The van der Waals surface area contributed by atoms with E-state index < -0.39 is 32.8 Å². The van der Waals surface area contributed by atoms with E-state index in [1.54, 1.807) is 0 Å². The average molecular weight is 300 g/mol. The average Bonchev–Trinajstić information content (AvgIpc) is 2.41. The van der Waals surface area contributed by atoms with Gasteiger partial charge in [0.1, 0.15) is 0 Å². The zero-order valence-corrected chi connectivity index (χ0v) is 11.5. The maximum atomic E-state index is 12.2. The highest BCUT2D eigenvalue weighted by Crippen LogP contribution is 2.25. The predicted octanol–water partition coefficient (Wildman–Crippen LogP) is 1.18. The number of nitrogens with zero attached hydrogens (tertiary/aromatic N) is 1. The number of nitrogens with one attached hydrogen (secondary N) is 1. The first-order valence-electron chi connectivity index (χ1n) is 6.35. The Morgan fingerprint density at radius 1 is 1.25 bits per heavy atom. The number of hydrogen-bond donors (Lipinski definition) is 2. The van der Waals surface area contributed by atoms with Crippen LogP contribution in [0.25, 0.3) is 0 Å². The summed E-state index contributed by atoms with van der Waals surface area (Å²) in [5.41, 5.74) is -0.467. The number of aliphatic hydroxyl groups is 1. The Morgan fingerprint density at radius 3 is 2.55 bits per heavy atom. The zero-order valence-electron chi connectivity index (χ0n) is 10.7. The largest absolute Gasteiger partial charge is 0.391 e. The number of nitro benzene ring substituents is 1. The van der Waals surface area contributed by atoms with E-state index in [4.69, 9.17) is 0 Å². The van der Waals surface area contributed by atoms with Crippen molar-refractivity contribution >= 4 is 15.7 Å². The molecule has 1 aliphatic carbocycles. The summed E-state index contributed by atoms with van der Waals surface area (Å²) in [6, 6.07) is 4.58. The normalized spacial score (nSPS) is 23.4. The molecule has 0 spiro atoms. The van der Waals surface area contributed by atoms with Crippen molar-refractivity contribution in [1.29, 1.82) is 0 Å². The molecule has 0 aliphatic heterocycles. The molecule has 1 fully saturated rings. The Balaban J connectivity index is 2.29. The Bertz CT molecular complexity index is 602. The van der Waals surface area contributed by atoms with E-state index >= 15 is 0 Å². The van der Waals surface area contributed by atoms with Crippen molar-refractivity contribution in [2.75, 3.05) is 0 Å². The molecule has 110 valence electrons. The van der Waals surface area contributed by atoms with Crippen molar-refractivity contribution in [3.8, 4) is 0 Å². The summed E-state index contributed by atoms with van der Waals surface area (Å²) < 4.78 is 26.9. The summed E-state index contributed by atoms with van der Waals surface area (Å²) in [7, 11) is -4.02. The van der Waals surface area contributed by atoms with Crippen LogP contribution < -0.4 is 4.72 Å². The van der Waals surface area contributed by atoms with Crippen LogP contribution in [0.15, 0.2) is 29.2 Å². The highest BCUT2D eigenvalue weighted by atomic mass is 32.2. The van der Waals surface area contributed by atoms with E-state index in [1.165, 1.54) is 18.2 Å². The van der Waals surface area contributed by atoms with Gasteiger partial charge in [-0.2, -0.15) is 0 Å². The molecule has 2 rings (SSSR count). The third-order valence-electron chi connectivity index (χ3n) is 3.39. The van der Waals surface area contributed by atoms with Crippen molar-refractivity contribution in [1.82, 2.24) is 4.72 Å². The topological polar surface area (TPSA) is 110 Å². The number of nitro groups is 1. The summed E-state index contributed by atoms with van der Waals surface area (Å²) in [6.07, 6.45) is 1.98. The van der Waals surface area contributed by atoms with Crippen molar-refractivity contribution in [3.63, 3.8) is 0 Å². The fourth-order valence-electron chi connectivity index (χ4n) is 2.35. The number of hydrogen-bond acceptors (Lipinski definition) is 5. The molecular weight excluding hydrogens is 284 g/mol. The van der Waals surface area contributed by atoms with Crippen molar-refractivity contribution in [2.45, 2.75) is 42.7 Å². The molecule has 7 nitrogen and oxygen atoms in total. The molecule has 1 aromatic rings. The van der Waals surface area contributed by atoms with Crippen LogP contribution in [0.2, 0.25) is 0 Å². The lowest BCUT2D eigenvalue weighted by atomic mass is 9.93. The summed E-state index contributed by atoms with van der Waals surface area (Å²) in [5.74, 6) is 0. The first-order chi connectivity index (χ1) is 9.42. The number of sulfonamides is 1. The summed E-state index contributed by atoms with van der Waals surface area (Å²) in [6.45, 7) is 0. The van der Waals surface area contributed by atoms with E-state index in [9.17, 15) is 23.6 Å². The molecule has 0 aromatic heterocycles. The Morgan fingerprint density at radius 2 is 1.90 bits per heavy atom. The van der Waals surface area contributed by atoms with Gasteiger partial charge in [0.05, 0.1) is 11.0 Å². The maximum Gasteiger partial charge on any atom is 0.289 e. The Hall–Kier alpha value is -1.51. The van der Waals surface area contributed by atoms with E-state index in [-0.39, 0.29) is 4.90 Å². The minimum Gasteiger partial charge on any atom is -0.391 e. The Kier molecular flexibility index (Phi) is 4.36. The number of rotatable bonds is 4. The molecule has 0 heterocycles. The van der Waals surface area contributed by atoms with Gasteiger partial charge in [-0.15, -0.1) is 0 Å². The SMILES string of the molecule is O=[N+]([O-])c1ccccc1S(=O)(=O)N[C@@H]1CCCC[C@H]1O. The van der Waals surface area contributed by atoms with Gasteiger partial charge in [0.2, 0.25) is 10.0 Å². The molecule has 2 atom stereocenters. The molecule has 20 heavy (non-hydrogen) atoms. The van der Waals surface area contributed by atoms with Crippen LogP contribution in [-0.4, -0.2) is 30.6 Å². The van der Waals surface area contributed by atoms with Crippen LogP contribution in [0.3, 0.4) is 0 Å². The molecule has 0 saturated heterocycles. The second-order valence-corrected chi connectivity index (χ2v) is 6.49. The van der Waals surface area contributed by atoms with Crippen LogP contribution in [0.4, 0.5) is 5.69 Å². The van der Waals surface area contributed by atoms with Crippen molar-refractivity contribution in [3.05, 3.63) is 34.4 Å². The summed E-state index contributed by atoms with van der Waals surface area (Å²) in [4.78, 5) is 9.79. The van der Waals surface area contributed by atoms with Gasteiger partial charge in [-0.25, -0.2) is 13.1 Å². The standard InChI is InChI=1S/C12H16N2O5S/c15-11-7-3-1-5-9(11)13-20(18,19)12-8-4-2-6-10(12)14(16)17/h2,4,6,8-9,11,13,15H,1,3,5,7H2/t9-,11-/m1/s1. The van der Waals surface area contributed by atoms with E-state index in [2.05, 4.69) is 4.72 Å². The number of aliphatic hydroxyl groups excluding tert-OH is 1. The van der Waals surface area contributed by atoms with Crippen molar-refractivity contribution in [2.24, 2.45) is 0 Å². The van der Waals surface area contributed by atoms with Crippen LogP contribution in [0.5, 0.6) is 0 Å². The fourth-order valence-corrected chi connectivity index (χ4v) is 3.82. The minimum absolute atomic E-state index is 0.372. The first kappa shape index (κ1) is 14.9. The van der Waals surface area contributed by atoms with Crippen LogP contribution in [0.1, 0.15) is 25.7 Å². The van der Waals surface area contributed by atoms with Gasteiger partial charge in [0, 0.05) is 12.1 Å². The molecule has 8 heteroatoms. The van der Waals surface area contributed by atoms with Gasteiger partial charge in [-0.3, -0.25) is 10.1 Å². The van der Waals surface area contributed by atoms with Gasteiger partial charge in [-0.1, -0.05) is 25.0 Å². The minimum atomic E-state index is -4.02. The van der Waals surface area contributed by atoms with Gasteiger partial charge < -0.3 is 5.11 Å². The lowest BCUT2D eigenvalue weighted by Gasteiger charge is -2.27. The second-order valence-electron chi connectivity index (χ2n) is 4.80. The molecule has 1 aliphatic rings. The maximum absolute atomic E-state index is 12.2. The lowest BCUT2D eigenvalue weighted by molar-refractivity contribution is -0.387. The number of para-hydroxylation sites is 1. The molecule has 2 N–H and O–H groups in total. The first-order valence-corrected chi connectivity index (χ1v) is 7.84. The second kappa shape index (κ2) is 5.86. The molecule has 1 aromatic carbocycles. The highest BCUT2D eigenvalue weighted by molar-refractivity contribution is 7.89. The van der Waals surface area contributed by atoms with E-state index in [0.29, 0.717) is 12.8 Å². The smallest absolute Gasteiger partial charge is 0.289 e. The van der Waals surface area contributed by atoms with Crippen LogP contribution in [-0.2, 0) is 10.0 Å². The molecule has 0 amide bonds. The summed E-state index contributed by atoms with van der Waals surface area (Å²) >= 11 is 0. The quantitative estimate of drug-likeness (QED) is 0.641. The van der Waals surface area contributed by atoms with Gasteiger partial charge >= 0.3 is 0 Å². The predicted molar refractivity (Wildman–Crippen MR) is 71.7 cm³/mol. The highest BCUT2D eigenvalue weighted by Gasteiger charge is 2.31. The van der Waals surface area contributed by atoms with Gasteiger partial charge in [0.15, 0.2) is 4.90 Å². The molecule has 0 bridgehead atoms. The van der Waals surface area contributed by atoms with E-state index in [0.717, 1.165) is 18.9 Å². The fraction of sp³-hybridized carbons (Fsp3) is 0.500. The molecular formula is C12H16N2O5S. The zero-order chi connectivity index (χ0) is 14.8. The third-order valence-corrected chi connectivity index (χ3v) is 4.92. The van der Waals surface area contributed by atoms with Gasteiger partial charge in [-0.05, 0) is 18.9 Å². The van der Waals surface area contributed by atoms with Crippen LogP contribution >= 0.6 is 0 Å². The Labute approximate surface area is 116 Å². The van der Waals surface area contributed by atoms with Crippen molar-refractivity contribution < 1.29 is 18.4 Å². The van der Waals surface area contributed by atoms with E-state index in [1.807, 2.05) is 0 Å². The molecule has 0 radical (unpaired) electrons. The monoisotopic (exact) mass is 300 g/mol. The summed E-state index contributed by atoms with van der Waals surface area (Å²) in [5, 5.41) is 20.7. The molecule has 1 saturated carbocycles. The third kappa shape index (κ3) is 3.14. The lowest BCUT2D eigenvalue weighted by Crippen LogP contribution is -2.45. The van der Waals surface area contributed by atoms with Gasteiger partial charge in [0.25, 0.3) is 5.69 Å². The van der Waals surface area contributed by atoms with Crippen LogP contribution in [0, 0.1) is 10.1 Å². The number of benzene rings is 1.